The van der Waals surface area contributed by atoms with Crippen LogP contribution in [-0.2, 0) is 0 Å². The normalized spacial score (nSPS) is 10.9. The Morgan fingerprint density at radius 1 is 1.57 bits per heavy atom. The fraction of sp³-hybridized carbons (Fsp3) is 0.182. The molecule has 0 fully saturated rings. The summed E-state index contributed by atoms with van der Waals surface area (Å²) in [6, 6.07) is 7.45. The summed E-state index contributed by atoms with van der Waals surface area (Å²) in [7, 11) is 1.61. The van der Waals surface area contributed by atoms with Gasteiger partial charge in [0.25, 0.3) is 0 Å². The van der Waals surface area contributed by atoms with Gasteiger partial charge in [-0.1, -0.05) is 23.7 Å². The maximum atomic E-state index is 8.44. The van der Waals surface area contributed by atoms with Crippen LogP contribution in [0.25, 0.3) is 5.03 Å². The lowest BCUT2D eigenvalue weighted by atomic mass is 10.1. The summed E-state index contributed by atoms with van der Waals surface area (Å²) in [4.78, 5) is 0. The van der Waals surface area contributed by atoms with E-state index in [9.17, 15) is 0 Å². The van der Waals surface area contributed by atoms with Crippen LogP contribution in [-0.4, -0.2) is 7.11 Å². The highest BCUT2D eigenvalue weighted by atomic mass is 35.5. The molecule has 0 bridgehead atoms. The van der Waals surface area contributed by atoms with Crippen molar-refractivity contribution in [3.05, 3.63) is 35.4 Å². The third kappa shape index (κ3) is 2.27. The predicted octanol–water partition coefficient (Wildman–Crippen LogP) is 3.11. The Morgan fingerprint density at radius 3 is 2.86 bits per heavy atom. The maximum absolute atomic E-state index is 8.44. The Kier molecular flexibility index (Phi) is 3.55. The molecule has 2 nitrogen and oxygen atoms in total. The lowest BCUT2D eigenvalue weighted by Gasteiger charge is -2.06. The Balaban J connectivity index is 3.14. The van der Waals surface area contributed by atoms with Crippen molar-refractivity contribution in [1.29, 1.82) is 5.26 Å². The molecule has 0 aliphatic rings. The Labute approximate surface area is 88.4 Å². The van der Waals surface area contributed by atoms with E-state index in [2.05, 4.69) is 0 Å². The Hall–Kier alpha value is -1.46. The second-order valence-corrected chi connectivity index (χ2v) is 3.21. The minimum absolute atomic E-state index is 0.422. The van der Waals surface area contributed by atoms with Crippen LogP contribution in [0, 0.1) is 18.3 Å². The number of halogens is 1. The summed E-state index contributed by atoms with van der Waals surface area (Å²) < 4.78 is 5.15. The zero-order valence-corrected chi connectivity index (χ0v) is 8.80. The van der Waals surface area contributed by atoms with Crippen LogP contribution in [0.15, 0.2) is 24.3 Å². The molecule has 0 radical (unpaired) electrons. The molecule has 0 amide bonds. The standard InChI is InChI=1S/C11H10ClNO/c1-8-3-4-9(7-11(8)14-2)10(12)5-6-13/h3-5,7H,1-2H3/b10-5-. The number of ether oxygens (including phenoxy) is 1. The number of hydrogen-bond acceptors (Lipinski definition) is 2. The molecule has 3 heteroatoms. The first kappa shape index (κ1) is 10.6. The van der Waals surface area contributed by atoms with E-state index in [1.165, 1.54) is 6.08 Å². The lowest BCUT2D eigenvalue weighted by molar-refractivity contribution is 0.411. The molecule has 0 aromatic heterocycles. The Bertz CT molecular complexity index is 404. The lowest BCUT2D eigenvalue weighted by Crippen LogP contribution is -1.88. The van der Waals surface area contributed by atoms with Crippen molar-refractivity contribution in [2.75, 3.05) is 7.11 Å². The molecule has 72 valence electrons. The summed E-state index contributed by atoms with van der Waals surface area (Å²) >= 11 is 5.87. The molecule has 0 N–H and O–H groups in total. The van der Waals surface area contributed by atoms with E-state index in [0.717, 1.165) is 16.9 Å². The molecule has 0 aliphatic carbocycles. The molecule has 0 unspecified atom stereocenters. The van der Waals surface area contributed by atoms with Crippen molar-refractivity contribution in [2.45, 2.75) is 6.92 Å². The van der Waals surface area contributed by atoms with Gasteiger partial charge in [-0.25, -0.2) is 0 Å². The second kappa shape index (κ2) is 4.69. The first-order chi connectivity index (χ1) is 6.69. The fourth-order valence-electron chi connectivity index (χ4n) is 1.11. The fourth-order valence-corrected chi connectivity index (χ4v) is 1.27. The number of nitriles is 1. The number of nitrogens with zero attached hydrogens (tertiary/aromatic N) is 1. The van der Waals surface area contributed by atoms with E-state index in [4.69, 9.17) is 21.6 Å². The molecule has 14 heavy (non-hydrogen) atoms. The summed E-state index contributed by atoms with van der Waals surface area (Å²) in [5, 5.41) is 8.86. The molecule has 0 saturated carbocycles. The number of aryl methyl sites for hydroxylation is 1. The molecule has 0 aliphatic heterocycles. The highest BCUT2D eigenvalue weighted by Crippen LogP contribution is 2.25. The van der Waals surface area contributed by atoms with Crippen LogP contribution in [0.2, 0.25) is 0 Å². The number of allylic oxidation sites excluding steroid dienone is 1. The SMILES string of the molecule is COc1cc(/C(Cl)=C/C#N)ccc1C. The zero-order valence-electron chi connectivity index (χ0n) is 8.04. The van der Waals surface area contributed by atoms with Crippen molar-refractivity contribution in [3.8, 4) is 11.8 Å². The van der Waals surface area contributed by atoms with Gasteiger partial charge in [0.1, 0.15) is 5.75 Å². The van der Waals surface area contributed by atoms with Gasteiger partial charge in [0, 0.05) is 6.08 Å². The predicted molar refractivity (Wildman–Crippen MR) is 57.2 cm³/mol. The molecule has 0 atom stereocenters. The van der Waals surface area contributed by atoms with E-state index < -0.39 is 0 Å². The van der Waals surface area contributed by atoms with Crippen LogP contribution >= 0.6 is 11.6 Å². The summed E-state index contributed by atoms with van der Waals surface area (Å²) in [6.45, 7) is 1.95. The van der Waals surface area contributed by atoms with Gasteiger partial charge in [-0.15, -0.1) is 0 Å². The summed E-state index contributed by atoms with van der Waals surface area (Å²) in [6.07, 6.45) is 1.30. The molecule has 0 spiro atoms. The van der Waals surface area contributed by atoms with E-state index >= 15 is 0 Å². The minimum Gasteiger partial charge on any atom is -0.496 e. The second-order valence-electron chi connectivity index (χ2n) is 2.81. The van der Waals surface area contributed by atoms with Crippen LogP contribution in [0.4, 0.5) is 0 Å². The van der Waals surface area contributed by atoms with Crippen LogP contribution < -0.4 is 4.74 Å². The third-order valence-electron chi connectivity index (χ3n) is 1.88. The van der Waals surface area contributed by atoms with Crippen LogP contribution in [0.5, 0.6) is 5.75 Å². The number of rotatable bonds is 2. The van der Waals surface area contributed by atoms with Gasteiger partial charge in [-0.05, 0) is 24.1 Å². The van der Waals surface area contributed by atoms with Gasteiger partial charge in [-0.3, -0.25) is 0 Å². The molecule has 1 aromatic rings. The third-order valence-corrected chi connectivity index (χ3v) is 2.20. The maximum Gasteiger partial charge on any atom is 0.122 e. The van der Waals surface area contributed by atoms with Crippen molar-refractivity contribution in [2.24, 2.45) is 0 Å². The monoisotopic (exact) mass is 207 g/mol. The molecule has 0 heterocycles. The zero-order chi connectivity index (χ0) is 10.6. The van der Waals surface area contributed by atoms with Gasteiger partial charge >= 0.3 is 0 Å². The summed E-state index contributed by atoms with van der Waals surface area (Å²) in [5.74, 6) is 0.770. The van der Waals surface area contributed by atoms with Crippen molar-refractivity contribution < 1.29 is 4.74 Å². The quantitative estimate of drug-likeness (QED) is 0.699. The van der Waals surface area contributed by atoms with Crippen LogP contribution in [0.1, 0.15) is 11.1 Å². The van der Waals surface area contributed by atoms with Gasteiger partial charge in [0.15, 0.2) is 0 Å². The first-order valence-electron chi connectivity index (χ1n) is 4.09. The van der Waals surface area contributed by atoms with Crippen molar-refractivity contribution in [1.82, 2.24) is 0 Å². The highest BCUT2D eigenvalue weighted by molar-refractivity contribution is 6.49. The molecular formula is C11H10ClNO. The average Bonchev–Trinajstić information content (AvgIpc) is 2.19. The van der Waals surface area contributed by atoms with Gasteiger partial charge in [0.2, 0.25) is 0 Å². The minimum atomic E-state index is 0.422. The van der Waals surface area contributed by atoms with Crippen LogP contribution in [0.3, 0.4) is 0 Å². The average molecular weight is 208 g/mol. The molecular weight excluding hydrogens is 198 g/mol. The van der Waals surface area contributed by atoms with Gasteiger partial charge < -0.3 is 4.74 Å². The molecule has 0 saturated heterocycles. The van der Waals surface area contributed by atoms with Crippen molar-refractivity contribution >= 4 is 16.6 Å². The number of hydrogen-bond donors (Lipinski definition) is 0. The van der Waals surface area contributed by atoms with Gasteiger partial charge in [-0.2, -0.15) is 5.26 Å². The van der Waals surface area contributed by atoms with E-state index in [-0.39, 0.29) is 0 Å². The van der Waals surface area contributed by atoms with Crippen molar-refractivity contribution in [3.63, 3.8) is 0 Å². The largest absolute Gasteiger partial charge is 0.496 e. The smallest absolute Gasteiger partial charge is 0.122 e. The number of benzene rings is 1. The van der Waals surface area contributed by atoms with E-state index in [0.29, 0.717) is 5.03 Å². The molecule has 1 aromatic carbocycles. The number of methoxy groups -OCH3 is 1. The first-order valence-corrected chi connectivity index (χ1v) is 4.47. The highest BCUT2D eigenvalue weighted by Gasteiger charge is 2.02. The summed E-state index contributed by atoms with van der Waals surface area (Å²) in [5.41, 5.74) is 1.83. The van der Waals surface area contributed by atoms with E-state index in [1.807, 2.05) is 31.2 Å². The molecule has 1 rings (SSSR count). The topological polar surface area (TPSA) is 33.0 Å². The van der Waals surface area contributed by atoms with E-state index in [1.54, 1.807) is 7.11 Å². The van der Waals surface area contributed by atoms with Gasteiger partial charge in [0.05, 0.1) is 18.2 Å². The Morgan fingerprint density at radius 2 is 2.29 bits per heavy atom.